The first-order valence-electron chi connectivity index (χ1n) is 14.3. The van der Waals surface area contributed by atoms with Gasteiger partial charge >= 0.3 is 0 Å². The number of carbonyl (C=O) groups excluding carboxylic acids is 1. The largest absolute Gasteiger partial charge is 0.340 e. The number of benzene rings is 3. The van der Waals surface area contributed by atoms with Crippen molar-refractivity contribution in [3.05, 3.63) is 118 Å². The third-order valence-electron chi connectivity index (χ3n) is 7.63. The van der Waals surface area contributed by atoms with Gasteiger partial charge in [-0.3, -0.25) is 4.79 Å². The van der Waals surface area contributed by atoms with Gasteiger partial charge in [-0.15, -0.1) is 0 Å². The molecule has 1 amide bonds. The van der Waals surface area contributed by atoms with Crippen molar-refractivity contribution in [3.8, 4) is 0 Å². The van der Waals surface area contributed by atoms with E-state index in [1.807, 2.05) is 37.8 Å². The molecule has 1 N–H and O–H groups in total. The van der Waals surface area contributed by atoms with E-state index in [4.69, 9.17) is 0 Å². The van der Waals surface area contributed by atoms with Crippen LogP contribution in [0.2, 0.25) is 0 Å². The monoisotopic (exact) mass is 524 g/mol. The summed E-state index contributed by atoms with van der Waals surface area (Å²) >= 11 is 0. The summed E-state index contributed by atoms with van der Waals surface area (Å²) in [5.41, 5.74) is 9.91. The summed E-state index contributed by atoms with van der Waals surface area (Å²) in [5, 5.41) is 3.41. The van der Waals surface area contributed by atoms with Crippen LogP contribution >= 0.6 is 0 Å². The molecule has 3 aromatic rings. The van der Waals surface area contributed by atoms with Crippen LogP contribution in [0.15, 0.2) is 78.9 Å². The van der Waals surface area contributed by atoms with Gasteiger partial charge in [0.15, 0.2) is 0 Å². The quantitative estimate of drug-likeness (QED) is 0.210. The first-order valence-corrected chi connectivity index (χ1v) is 14.3. The number of halogens is 1. The van der Waals surface area contributed by atoms with Crippen LogP contribution in [0.1, 0.15) is 66.5 Å². The molecule has 4 rings (SSSR count). The summed E-state index contributed by atoms with van der Waals surface area (Å²) in [6.07, 6.45) is 8.70. The summed E-state index contributed by atoms with van der Waals surface area (Å²) in [4.78, 5) is 13.8. The second-order valence-corrected chi connectivity index (χ2v) is 10.2. The molecule has 0 atom stereocenters. The number of allylic oxidation sites excluding steroid dienone is 1. The summed E-state index contributed by atoms with van der Waals surface area (Å²) in [7, 11) is 0. The number of carbonyl (C=O) groups is 1. The molecule has 3 aromatic carbocycles. The maximum absolute atomic E-state index is 13.9. The molecule has 1 aliphatic carbocycles. The highest BCUT2D eigenvalue weighted by Crippen LogP contribution is 2.40. The van der Waals surface area contributed by atoms with E-state index in [0.29, 0.717) is 6.54 Å². The van der Waals surface area contributed by atoms with Crippen LogP contribution in [-0.2, 0) is 17.6 Å². The van der Waals surface area contributed by atoms with Crippen molar-refractivity contribution in [2.45, 2.75) is 52.9 Å². The van der Waals surface area contributed by atoms with Crippen LogP contribution < -0.4 is 5.32 Å². The summed E-state index contributed by atoms with van der Waals surface area (Å²) < 4.78 is 13.9. The zero-order valence-electron chi connectivity index (χ0n) is 23.6. The van der Waals surface area contributed by atoms with Gasteiger partial charge in [-0.05, 0) is 116 Å². The Kier molecular flexibility index (Phi) is 10.3. The Morgan fingerprint density at radius 1 is 0.974 bits per heavy atom. The van der Waals surface area contributed by atoms with E-state index in [2.05, 4.69) is 53.8 Å². The summed E-state index contributed by atoms with van der Waals surface area (Å²) in [6, 6.07) is 22.9. The number of fused-ring (bicyclic) bond motifs is 1. The van der Waals surface area contributed by atoms with Gasteiger partial charge in [-0.2, -0.15) is 0 Å². The average molecular weight is 525 g/mol. The van der Waals surface area contributed by atoms with E-state index in [1.165, 1.54) is 33.4 Å². The molecule has 204 valence electrons. The lowest BCUT2D eigenvalue weighted by molar-refractivity contribution is -0.125. The van der Waals surface area contributed by atoms with Crippen LogP contribution in [0.4, 0.5) is 4.39 Å². The lowest BCUT2D eigenvalue weighted by atomic mass is 9.86. The minimum atomic E-state index is -0.185. The molecule has 1 aliphatic rings. The number of aryl methyl sites for hydroxylation is 3. The molecule has 0 aromatic heterocycles. The number of likely N-dealkylation sites (N-methyl/N-ethyl adjacent to an activating group) is 1. The smallest absolute Gasteiger partial charge is 0.246 e. The van der Waals surface area contributed by atoms with E-state index >= 15 is 0 Å². The Hall–Kier alpha value is -3.50. The van der Waals surface area contributed by atoms with Gasteiger partial charge in [0.05, 0.1) is 0 Å². The third-order valence-corrected chi connectivity index (χ3v) is 7.63. The number of rotatable bonds is 11. The zero-order chi connectivity index (χ0) is 27.6. The summed E-state index contributed by atoms with van der Waals surface area (Å²) in [5.74, 6) is -0.110. The van der Waals surface area contributed by atoms with Crippen molar-refractivity contribution in [2.24, 2.45) is 0 Å². The molecule has 0 unspecified atom stereocenters. The van der Waals surface area contributed by atoms with Gasteiger partial charge < -0.3 is 10.2 Å². The molecular weight excluding hydrogens is 483 g/mol. The lowest BCUT2D eigenvalue weighted by Crippen LogP contribution is -2.29. The molecule has 0 radical (unpaired) electrons. The molecule has 0 saturated carbocycles. The van der Waals surface area contributed by atoms with Crippen molar-refractivity contribution < 1.29 is 9.18 Å². The van der Waals surface area contributed by atoms with Crippen molar-refractivity contribution in [3.63, 3.8) is 0 Å². The third kappa shape index (κ3) is 7.33. The standard InChI is InChI=1S/C35H41FN2O/c1-4-38(5-2)34(39)16-10-24-37-23-9-11-27-17-19-29(20-18-27)35-32-14-7-6-12-28(32)13-8-15-33(35)31-22-21-30(36)25-26(31)3/h6-7,10,12,14,16-22,25,37H,4-5,8-9,11,13,15,23-24H2,1-3H3/b16-10+. The first kappa shape index (κ1) is 28.5. The van der Waals surface area contributed by atoms with E-state index < -0.39 is 0 Å². The fourth-order valence-electron chi connectivity index (χ4n) is 5.53. The topological polar surface area (TPSA) is 32.3 Å². The highest BCUT2D eigenvalue weighted by molar-refractivity contribution is 6.00. The number of nitrogens with zero attached hydrogens (tertiary/aromatic N) is 1. The molecule has 0 bridgehead atoms. The van der Waals surface area contributed by atoms with Crippen molar-refractivity contribution in [1.82, 2.24) is 10.2 Å². The number of amides is 1. The molecule has 0 heterocycles. The van der Waals surface area contributed by atoms with Crippen LogP contribution in [0, 0.1) is 12.7 Å². The van der Waals surface area contributed by atoms with Gasteiger partial charge in [0.1, 0.15) is 5.82 Å². The Balaban J connectivity index is 1.45. The van der Waals surface area contributed by atoms with Crippen LogP contribution in [0.25, 0.3) is 11.1 Å². The zero-order valence-corrected chi connectivity index (χ0v) is 23.6. The first-order chi connectivity index (χ1) is 19.0. The molecule has 4 heteroatoms. The van der Waals surface area contributed by atoms with E-state index in [0.717, 1.165) is 62.9 Å². The summed E-state index contributed by atoms with van der Waals surface area (Å²) in [6.45, 7) is 9.08. The highest BCUT2D eigenvalue weighted by atomic mass is 19.1. The van der Waals surface area contributed by atoms with Gasteiger partial charge in [0, 0.05) is 25.7 Å². The van der Waals surface area contributed by atoms with Gasteiger partial charge in [-0.25, -0.2) is 4.39 Å². The average Bonchev–Trinajstić information content (AvgIpc) is 3.13. The fourth-order valence-corrected chi connectivity index (χ4v) is 5.53. The minimum absolute atomic E-state index is 0.0750. The molecule has 0 spiro atoms. The fraction of sp³-hybridized carbons (Fsp3) is 0.343. The second-order valence-electron chi connectivity index (χ2n) is 10.2. The molecule has 3 nitrogen and oxygen atoms in total. The molecule has 0 fully saturated rings. The van der Waals surface area contributed by atoms with Crippen LogP contribution in [-0.4, -0.2) is 37.0 Å². The SMILES string of the molecule is CCN(CC)C(=O)/C=C/CNCCCc1ccc(C2=C(c3ccc(F)cc3C)CCCc3ccccc32)cc1. The normalized spacial score (nSPS) is 13.4. The van der Waals surface area contributed by atoms with Crippen molar-refractivity contribution in [2.75, 3.05) is 26.2 Å². The Bertz CT molecular complexity index is 1320. The van der Waals surface area contributed by atoms with E-state index in [-0.39, 0.29) is 11.7 Å². The lowest BCUT2D eigenvalue weighted by Gasteiger charge is -2.18. The minimum Gasteiger partial charge on any atom is -0.340 e. The molecule has 0 aliphatic heterocycles. The van der Waals surface area contributed by atoms with Crippen molar-refractivity contribution >= 4 is 17.1 Å². The van der Waals surface area contributed by atoms with Crippen molar-refractivity contribution in [1.29, 1.82) is 0 Å². The predicted octanol–water partition coefficient (Wildman–Crippen LogP) is 7.38. The molecule has 0 saturated heterocycles. The molecular formula is C35H41FN2O. The Labute approximate surface area is 233 Å². The van der Waals surface area contributed by atoms with Gasteiger partial charge in [0.2, 0.25) is 5.91 Å². The van der Waals surface area contributed by atoms with E-state index in [9.17, 15) is 9.18 Å². The van der Waals surface area contributed by atoms with Gasteiger partial charge in [-0.1, -0.05) is 60.7 Å². The van der Waals surface area contributed by atoms with E-state index in [1.54, 1.807) is 18.2 Å². The Morgan fingerprint density at radius 2 is 1.74 bits per heavy atom. The maximum atomic E-state index is 13.9. The Morgan fingerprint density at radius 3 is 2.49 bits per heavy atom. The van der Waals surface area contributed by atoms with Crippen LogP contribution in [0.3, 0.4) is 0 Å². The second kappa shape index (κ2) is 14.0. The highest BCUT2D eigenvalue weighted by Gasteiger charge is 2.21. The number of nitrogens with one attached hydrogen (secondary N) is 1. The van der Waals surface area contributed by atoms with Crippen LogP contribution in [0.5, 0.6) is 0 Å². The number of hydrogen-bond donors (Lipinski definition) is 1. The maximum Gasteiger partial charge on any atom is 0.246 e. The predicted molar refractivity (Wildman–Crippen MR) is 161 cm³/mol. The van der Waals surface area contributed by atoms with Gasteiger partial charge in [0.25, 0.3) is 0 Å². The number of hydrogen-bond acceptors (Lipinski definition) is 2. The molecule has 39 heavy (non-hydrogen) atoms.